The Kier molecular flexibility index (Phi) is 3.43. The third-order valence-electron chi connectivity index (χ3n) is 1.35. The molecule has 1 aromatic rings. The molecule has 1 rings (SSSR count). The van der Waals surface area contributed by atoms with Crippen LogP contribution in [-0.4, -0.2) is 16.6 Å². The summed E-state index contributed by atoms with van der Waals surface area (Å²) in [6, 6.07) is 0. The Labute approximate surface area is 81.0 Å². The van der Waals surface area contributed by atoms with Crippen LogP contribution in [0.3, 0.4) is 0 Å². The summed E-state index contributed by atoms with van der Waals surface area (Å²) in [5, 5.41) is 6.38. The quantitative estimate of drug-likeness (QED) is 0.711. The number of thiazole rings is 1. The van der Waals surface area contributed by atoms with E-state index in [1.165, 1.54) is 0 Å². The standard InChI is InChI=1S/C7H11N3S2/c1-5-10-6(4-12-5)2-3-9-7(8)11/h4H,2-3H2,1H3,(H3,8,9,11). The number of hydrogen-bond acceptors (Lipinski definition) is 3. The molecule has 5 heteroatoms. The molecule has 3 nitrogen and oxygen atoms in total. The minimum atomic E-state index is 0.349. The van der Waals surface area contributed by atoms with E-state index in [4.69, 9.17) is 5.73 Å². The largest absolute Gasteiger partial charge is 0.376 e. The second-order valence-corrected chi connectivity index (χ2v) is 3.90. The van der Waals surface area contributed by atoms with Gasteiger partial charge in [0.2, 0.25) is 0 Å². The Morgan fingerprint density at radius 2 is 2.58 bits per heavy atom. The second kappa shape index (κ2) is 4.37. The van der Waals surface area contributed by atoms with Gasteiger partial charge in [0.05, 0.1) is 10.7 Å². The molecule has 0 spiro atoms. The first-order valence-electron chi connectivity index (χ1n) is 3.63. The van der Waals surface area contributed by atoms with Crippen LogP contribution in [0.1, 0.15) is 10.7 Å². The van der Waals surface area contributed by atoms with Crippen LogP contribution in [0.5, 0.6) is 0 Å². The molecule has 1 aromatic heterocycles. The number of hydrogen-bond donors (Lipinski definition) is 2. The average Bonchev–Trinajstić information content (AvgIpc) is 2.35. The van der Waals surface area contributed by atoms with E-state index in [0.717, 1.165) is 23.7 Å². The van der Waals surface area contributed by atoms with Gasteiger partial charge in [-0.05, 0) is 19.1 Å². The van der Waals surface area contributed by atoms with Crippen LogP contribution in [0.15, 0.2) is 5.38 Å². The summed E-state index contributed by atoms with van der Waals surface area (Å²) in [5.74, 6) is 0. The number of nitrogens with zero attached hydrogens (tertiary/aromatic N) is 1. The Morgan fingerprint density at radius 3 is 3.08 bits per heavy atom. The molecule has 0 amide bonds. The summed E-state index contributed by atoms with van der Waals surface area (Å²) in [6.07, 6.45) is 0.877. The molecule has 1 heterocycles. The molecule has 0 unspecified atom stereocenters. The molecule has 0 aromatic carbocycles. The number of thiocarbonyl (C=S) groups is 1. The minimum Gasteiger partial charge on any atom is -0.376 e. The summed E-state index contributed by atoms with van der Waals surface area (Å²) in [4.78, 5) is 4.30. The van der Waals surface area contributed by atoms with Gasteiger partial charge in [-0.25, -0.2) is 4.98 Å². The lowest BCUT2D eigenvalue weighted by Gasteiger charge is -1.99. The maximum Gasteiger partial charge on any atom is 0.163 e. The van der Waals surface area contributed by atoms with Crippen molar-refractivity contribution in [3.63, 3.8) is 0 Å². The van der Waals surface area contributed by atoms with Gasteiger partial charge in [-0.2, -0.15) is 0 Å². The van der Waals surface area contributed by atoms with Gasteiger partial charge in [-0.1, -0.05) is 0 Å². The normalized spacial score (nSPS) is 9.75. The molecule has 0 aliphatic rings. The van der Waals surface area contributed by atoms with Crippen molar-refractivity contribution in [3.8, 4) is 0 Å². The topological polar surface area (TPSA) is 50.9 Å². The highest BCUT2D eigenvalue weighted by Gasteiger charge is 1.97. The molecule has 12 heavy (non-hydrogen) atoms. The summed E-state index contributed by atoms with van der Waals surface area (Å²) in [5.41, 5.74) is 6.36. The second-order valence-electron chi connectivity index (χ2n) is 2.40. The van der Waals surface area contributed by atoms with Crippen molar-refractivity contribution in [3.05, 3.63) is 16.1 Å². The Bertz CT molecular complexity index is 269. The predicted molar refractivity (Wildman–Crippen MR) is 55.3 cm³/mol. The predicted octanol–water partition coefficient (Wildman–Crippen LogP) is 0.827. The molecule has 0 radical (unpaired) electrons. The lowest BCUT2D eigenvalue weighted by atomic mass is 10.3. The van der Waals surface area contributed by atoms with Gasteiger partial charge < -0.3 is 11.1 Å². The van der Waals surface area contributed by atoms with Crippen LogP contribution in [0.25, 0.3) is 0 Å². The summed E-state index contributed by atoms with van der Waals surface area (Å²) >= 11 is 6.33. The molecule has 0 aliphatic carbocycles. The number of rotatable bonds is 3. The zero-order valence-corrected chi connectivity index (χ0v) is 8.47. The van der Waals surface area contributed by atoms with Crippen molar-refractivity contribution in [2.75, 3.05) is 6.54 Å². The number of aromatic nitrogens is 1. The Hall–Kier alpha value is -0.680. The van der Waals surface area contributed by atoms with Crippen molar-refractivity contribution in [1.29, 1.82) is 0 Å². The van der Waals surface area contributed by atoms with Gasteiger partial charge in [0.1, 0.15) is 0 Å². The Balaban J connectivity index is 2.29. The molecule has 66 valence electrons. The molecule has 0 atom stereocenters. The zero-order chi connectivity index (χ0) is 8.97. The van der Waals surface area contributed by atoms with Gasteiger partial charge in [-0.15, -0.1) is 11.3 Å². The van der Waals surface area contributed by atoms with Crippen LogP contribution >= 0.6 is 23.6 Å². The highest BCUT2D eigenvalue weighted by Crippen LogP contribution is 2.07. The van der Waals surface area contributed by atoms with Crippen LogP contribution < -0.4 is 11.1 Å². The van der Waals surface area contributed by atoms with Gasteiger partial charge in [0.15, 0.2) is 5.11 Å². The fourth-order valence-electron chi connectivity index (χ4n) is 0.837. The van der Waals surface area contributed by atoms with Gasteiger partial charge >= 0.3 is 0 Å². The van der Waals surface area contributed by atoms with E-state index in [-0.39, 0.29) is 0 Å². The molecule has 0 saturated heterocycles. The van der Waals surface area contributed by atoms with Crippen molar-refractivity contribution in [2.24, 2.45) is 5.73 Å². The molecule has 0 aliphatic heterocycles. The number of nitrogens with two attached hydrogens (primary N) is 1. The summed E-state index contributed by atoms with van der Waals surface area (Å²) in [6.45, 7) is 2.76. The molecular weight excluding hydrogens is 190 g/mol. The third kappa shape index (κ3) is 3.15. The van der Waals surface area contributed by atoms with Crippen molar-refractivity contribution >= 4 is 28.7 Å². The molecule has 0 saturated carbocycles. The SMILES string of the molecule is Cc1nc(CCNC(N)=S)cs1. The number of aryl methyl sites for hydroxylation is 1. The van der Waals surface area contributed by atoms with Crippen LogP contribution in [0.2, 0.25) is 0 Å². The maximum absolute atomic E-state index is 5.26. The van der Waals surface area contributed by atoms with Crippen molar-refractivity contribution < 1.29 is 0 Å². The van der Waals surface area contributed by atoms with E-state index in [0.29, 0.717) is 5.11 Å². The lowest BCUT2D eigenvalue weighted by molar-refractivity contribution is 0.848. The molecule has 0 bridgehead atoms. The molecule has 3 N–H and O–H groups in total. The van der Waals surface area contributed by atoms with Crippen LogP contribution in [0, 0.1) is 6.92 Å². The fourth-order valence-corrected chi connectivity index (χ4v) is 1.59. The van der Waals surface area contributed by atoms with E-state index < -0.39 is 0 Å². The zero-order valence-electron chi connectivity index (χ0n) is 6.83. The minimum absolute atomic E-state index is 0.349. The van der Waals surface area contributed by atoms with Crippen molar-refractivity contribution in [1.82, 2.24) is 10.3 Å². The van der Waals surface area contributed by atoms with Gasteiger partial charge in [0, 0.05) is 18.3 Å². The molecule has 0 fully saturated rings. The first-order valence-corrected chi connectivity index (χ1v) is 4.91. The van der Waals surface area contributed by atoms with E-state index in [1.807, 2.05) is 6.92 Å². The van der Waals surface area contributed by atoms with E-state index >= 15 is 0 Å². The Morgan fingerprint density at radius 1 is 1.83 bits per heavy atom. The highest BCUT2D eigenvalue weighted by molar-refractivity contribution is 7.80. The van der Waals surface area contributed by atoms with Gasteiger partial charge in [-0.3, -0.25) is 0 Å². The average molecular weight is 201 g/mol. The first kappa shape index (κ1) is 9.41. The first-order chi connectivity index (χ1) is 5.68. The maximum atomic E-state index is 5.26. The van der Waals surface area contributed by atoms with E-state index in [2.05, 4.69) is 27.9 Å². The summed E-state index contributed by atoms with van der Waals surface area (Å²) in [7, 11) is 0. The lowest BCUT2D eigenvalue weighted by Crippen LogP contribution is -2.30. The van der Waals surface area contributed by atoms with E-state index in [1.54, 1.807) is 11.3 Å². The van der Waals surface area contributed by atoms with E-state index in [9.17, 15) is 0 Å². The smallest absolute Gasteiger partial charge is 0.163 e. The van der Waals surface area contributed by atoms with Gasteiger partial charge in [0.25, 0.3) is 0 Å². The monoisotopic (exact) mass is 201 g/mol. The van der Waals surface area contributed by atoms with Crippen LogP contribution in [-0.2, 0) is 6.42 Å². The van der Waals surface area contributed by atoms with Crippen molar-refractivity contribution in [2.45, 2.75) is 13.3 Å². The number of nitrogens with one attached hydrogen (secondary N) is 1. The third-order valence-corrected chi connectivity index (χ3v) is 2.31. The fraction of sp³-hybridized carbons (Fsp3) is 0.429. The van der Waals surface area contributed by atoms with Crippen LogP contribution in [0.4, 0.5) is 0 Å². The molecular formula is C7H11N3S2. The highest BCUT2D eigenvalue weighted by atomic mass is 32.1. The summed E-state index contributed by atoms with van der Waals surface area (Å²) < 4.78 is 0.